The fourth-order valence-electron chi connectivity index (χ4n) is 2.33. The van der Waals surface area contributed by atoms with Gasteiger partial charge >= 0.3 is 0 Å². The molecule has 1 aliphatic heterocycles. The molecule has 0 aromatic heterocycles. The summed E-state index contributed by atoms with van der Waals surface area (Å²) in [5.41, 5.74) is 1.09. The molecule has 0 aliphatic carbocycles. The highest BCUT2D eigenvalue weighted by molar-refractivity contribution is 6.19. The quantitative estimate of drug-likeness (QED) is 0.879. The standard InChI is InChI=1S/C18H15FN2O3/c1-23-12-8-7-11(16(10-12)24-2)9-15-18(22)21-17(20-15)13-5-3-4-6-14(13)19/h3-10H,1-2H3,(H,20,21,22)/b15-9+. The number of amides is 1. The van der Waals surface area contributed by atoms with E-state index in [4.69, 9.17) is 9.47 Å². The highest BCUT2D eigenvalue weighted by atomic mass is 19.1. The fourth-order valence-corrected chi connectivity index (χ4v) is 2.33. The molecule has 0 saturated carbocycles. The van der Waals surface area contributed by atoms with Gasteiger partial charge in [0.25, 0.3) is 5.91 Å². The van der Waals surface area contributed by atoms with Gasteiger partial charge in [0.05, 0.1) is 19.8 Å². The van der Waals surface area contributed by atoms with Gasteiger partial charge in [-0.05, 0) is 30.3 Å². The number of hydrogen-bond donors (Lipinski definition) is 1. The maximum absolute atomic E-state index is 13.8. The number of nitrogens with one attached hydrogen (secondary N) is 1. The van der Waals surface area contributed by atoms with Crippen LogP contribution in [0.15, 0.2) is 53.2 Å². The summed E-state index contributed by atoms with van der Waals surface area (Å²) in [6.45, 7) is 0. The SMILES string of the molecule is COc1ccc(/C=C2/N=C(c3ccccc3F)NC2=O)c(OC)c1. The smallest absolute Gasteiger partial charge is 0.275 e. The van der Waals surface area contributed by atoms with Gasteiger partial charge in [0.15, 0.2) is 0 Å². The van der Waals surface area contributed by atoms with Crippen LogP contribution in [0.1, 0.15) is 11.1 Å². The minimum absolute atomic E-state index is 0.178. The average Bonchev–Trinajstić information content (AvgIpc) is 2.96. The molecule has 0 unspecified atom stereocenters. The molecule has 1 aliphatic rings. The molecule has 0 atom stereocenters. The van der Waals surface area contributed by atoms with Crippen molar-refractivity contribution in [1.82, 2.24) is 5.32 Å². The molecule has 0 saturated heterocycles. The predicted octanol–water partition coefficient (Wildman–Crippen LogP) is 2.76. The number of amidine groups is 1. The zero-order valence-corrected chi connectivity index (χ0v) is 13.2. The molecule has 3 rings (SSSR count). The van der Waals surface area contributed by atoms with Crippen molar-refractivity contribution in [2.75, 3.05) is 14.2 Å². The maximum atomic E-state index is 13.8. The maximum Gasteiger partial charge on any atom is 0.275 e. The lowest BCUT2D eigenvalue weighted by molar-refractivity contribution is -0.115. The van der Waals surface area contributed by atoms with Gasteiger partial charge < -0.3 is 14.8 Å². The Morgan fingerprint density at radius 1 is 1.12 bits per heavy atom. The summed E-state index contributed by atoms with van der Waals surface area (Å²) in [5, 5.41) is 2.58. The monoisotopic (exact) mass is 326 g/mol. The normalized spacial score (nSPS) is 15.2. The van der Waals surface area contributed by atoms with Crippen molar-refractivity contribution in [3.05, 3.63) is 65.1 Å². The number of ether oxygens (including phenoxy) is 2. The summed E-state index contributed by atoms with van der Waals surface area (Å²) >= 11 is 0. The number of carbonyl (C=O) groups excluding carboxylic acids is 1. The third-order valence-corrected chi connectivity index (χ3v) is 3.56. The average molecular weight is 326 g/mol. The van der Waals surface area contributed by atoms with E-state index in [2.05, 4.69) is 10.3 Å². The third-order valence-electron chi connectivity index (χ3n) is 3.56. The van der Waals surface area contributed by atoms with Crippen LogP contribution in [-0.2, 0) is 4.79 Å². The van der Waals surface area contributed by atoms with Crippen LogP contribution in [0.2, 0.25) is 0 Å². The first kappa shape index (κ1) is 15.7. The number of carbonyl (C=O) groups is 1. The lowest BCUT2D eigenvalue weighted by atomic mass is 10.1. The topological polar surface area (TPSA) is 59.9 Å². The molecule has 1 N–H and O–H groups in total. The Balaban J connectivity index is 1.99. The lowest BCUT2D eigenvalue weighted by Crippen LogP contribution is -2.25. The summed E-state index contributed by atoms with van der Waals surface area (Å²) in [4.78, 5) is 16.3. The van der Waals surface area contributed by atoms with Gasteiger partial charge in [-0.2, -0.15) is 0 Å². The minimum atomic E-state index is -0.445. The first-order valence-corrected chi connectivity index (χ1v) is 7.21. The first-order valence-electron chi connectivity index (χ1n) is 7.21. The van der Waals surface area contributed by atoms with Crippen molar-refractivity contribution in [1.29, 1.82) is 0 Å². The molecule has 2 aromatic carbocycles. The van der Waals surface area contributed by atoms with E-state index in [0.29, 0.717) is 17.1 Å². The van der Waals surface area contributed by atoms with Crippen LogP contribution in [-0.4, -0.2) is 26.0 Å². The molecule has 6 heteroatoms. The van der Waals surface area contributed by atoms with Gasteiger partial charge in [0.2, 0.25) is 0 Å². The van der Waals surface area contributed by atoms with Crippen LogP contribution in [0.25, 0.3) is 6.08 Å². The Morgan fingerprint density at radius 3 is 2.62 bits per heavy atom. The molecule has 0 fully saturated rings. The summed E-state index contributed by atoms with van der Waals surface area (Å²) in [6.07, 6.45) is 1.58. The molecule has 0 radical (unpaired) electrons. The van der Waals surface area contributed by atoms with E-state index in [-0.39, 0.29) is 17.1 Å². The second kappa shape index (κ2) is 6.54. The van der Waals surface area contributed by atoms with E-state index >= 15 is 0 Å². The van der Waals surface area contributed by atoms with Crippen LogP contribution in [0.4, 0.5) is 4.39 Å². The molecule has 0 spiro atoms. The molecule has 24 heavy (non-hydrogen) atoms. The lowest BCUT2D eigenvalue weighted by Gasteiger charge is -2.07. The van der Waals surface area contributed by atoms with Crippen molar-refractivity contribution in [2.45, 2.75) is 0 Å². The second-order valence-corrected chi connectivity index (χ2v) is 5.03. The number of nitrogens with zero attached hydrogens (tertiary/aromatic N) is 1. The number of benzene rings is 2. The zero-order valence-electron chi connectivity index (χ0n) is 13.2. The number of halogens is 1. The van der Waals surface area contributed by atoms with Gasteiger partial charge in [0, 0.05) is 11.6 Å². The van der Waals surface area contributed by atoms with Gasteiger partial charge in [-0.3, -0.25) is 4.79 Å². The summed E-state index contributed by atoms with van der Waals surface area (Å²) in [5.74, 6) is 0.535. The highest BCUT2D eigenvalue weighted by Gasteiger charge is 2.23. The zero-order chi connectivity index (χ0) is 17.1. The van der Waals surface area contributed by atoms with Gasteiger partial charge in [0.1, 0.15) is 28.8 Å². The first-order chi connectivity index (χ1) is 11.6. The Morgan fingerprint density at radius 2 is 1.92 bits per heavy atom. The molecular weight excluding hydrogens is 311 g/mol. The van der Waals surface area contributed by atoms with Crippen molar-refractivity contribution < 1.29 is 18.7 Å². The molecule has 0 bridgehead atoms. The number of aliphatic imine (C=N–C) groups is 1. The summed E-state index contributed by atoms with van der Waals surface area (Å²) in [7, 11) is 3.09. The number of hydrogen-bond acceptors (Lipinski definition) is 4. The Hall–Kier alpha value is -3.15. The van der Waals surface area contributed by atoms with Crippen molar-refractivity contribution in [3.63, 3.8) is 0 Å². The Labute approximate surface area is 138 Å². The number of rotatable bonds is 4. The van der Waals surface area contributed by atoms with E-state index in [9.17, 15) is 9.18 Å². The summed E-state index contributed by atoms with van der Waals surface area (Å²) < 4.78 is 24.3. The van der Waals surface area contributed by atoms with E-state index in [1.54, 1.807) is 49.6 Å². The second-order valence-electron chi connectivity index (χ2n) is 5.03. The Bertz CT molecular complexity index is 859. The van der Waals surface area contributed by atoms with E-state index in [1.807, 2.05) is 0 Å². The summed E-state index contributed by atoms with van der Waals surface area (Å²) in [6, 6.07) is 11.4. The van der Waals surface area contributed by atoms with Crippen LogP contribution >= 0.6 is 0 Å². The Kier molecular flexibility index (Phi) is 4.29. The number of methoxy groups -OCH3 is 2. The van der Waals surface area contributed by atoms with Crippen LogP contribution in [0, 0.1) is 5.82 Å². The molecule has 122 valence electrons. The van der Waals surface area contributed by atoms with E-state index in [0.717, 1.165) is 0 Å². The fraction of sp³-hybridized carbons (Fsp3) is 0.111. The minimum Gasteiger partial charge on any atom is -0.497 e. The van der Waals surface area contributed by atoms with Crippen molar-refractivity contribution >= 4 is 17.8 Å². The highest BCUT2D eigenvalue weighted by Crippen LogP contribution is 2.27. The van der Waals surface area contributed by atoms with Crippen LogP contribution in [0.5, 0.6) is 11.5 Å². The third kappa shape index (κ3) is 2.99. The van der Waals surface area contributed by atoms with Crippen LogP contribution < -0.4 is 14.8 Å². The van der Waals surface area contributed by atoms with Crippen LogP contribution in [0.3, 0.4) is 0 Å². The largest absolute Gasteiger partial charge is 0.497 e. The molecule has 5 nitrogen and oxygen atoms in total. The molecule has 1 amide bonds. The van der Waals surface area contributed by atoms with Gasteiger partial charge in [-0.25, -0.2) is 9.38 Å². The predicted molar refractivity (Wildman–Crippen MR) is 88.6 cm³/mol. The van der Waals surface area contributed by atoms with E-state index < -0.39 is 11.7 Å². The van der Waals surface area contributed by atoms with Crippen molar-refractivity contribution in [3.8, 4) is 11.5 Å². The molecular formula is C18H15FN2O3. The van der Waals surface area contributed by atoms with Crippen molar-refractivity contribution in [2.24, 2.45) is 4.99 Å². The van der Waals surface area contributed by atoms with E-state index in [1.165, 1.54) is 13.2 Å². The molecule has 2 aromatic rings. The van der Waals surface area contributed by atoms with Gasteiger partial charge in [-0.1, -0.05) is 12.1 Å². The molecule has 1 heterocycles. The van der Waals surface area contributed by atoms with Gasteiger partial charge in [-0.15, -0.1) is 0 Å².